The van der Waals surface area contributed by atoms with Gasteiger partial charge in [-0.2, -0.15) is 0 Å². The molecule has 2 rings (SSSR count). The molecule has 0 atom stereocenters. The van der Waals surface area contributed by atoms with Crippen LogP contribution in [-0.2, 0) is 9.59 Å². The highest BCUT2D eigenvalue weighted by Crippen LogP contribution is 2.48. The van der Waals surface area contributed by atoms with Crippen LogP contribution in [0.25, 0.3) is 0 Å². The van der Waals surface area contributed by atoms with Gasteiger partial charge in [0, 0.05) is 18.8 Å². The maximum atomic E-state index is 12.8. The molecule has 1 fully saturated rings. The second-order valence-corrected chi connectivity index (χ2v) is 6.70. The second-order valence-electron chi connectivity index (χ2n) is 6.70. The van der Waals surface area contributed by atoms with Crippen LogP contribution in [0, 0.1) is 19.3 Å². The van der Waals surface area contributed by atoms with E-state index in [0.29, 0.717) is 12.8 Å². The van der Waals surface area contributed by atoms with Gasteiger partial charge in [-0.05, 0) is 62.8 Å². The van der Waals surface area contributed by atoms with Gasteiger partial charge in [0.05, 0.1) is 0 Å². The lowest BCUT2D eigenvalue weighted by atomic mass is 10.0. The Morgan fingerprint density at radius 2 is 1.57 bits per heavy atom. The molecule has 4 nitrogen and oxygen atoms in total. The molecule has 1 N–H and O–H groups in total. The number of hydrogen-bond acceptors (Lipinski definition) is 2. The number of rotatable bonds is 7. The molecule has 0 spiro atoms. The molecule has 1 saturated carbocycles. The fourth-order valence-corrected chi connectivity index (χ4v) is 3.12. The Hall–Kier alpha value is -1.84. The number of nitrogens with one attached hydrogen (secondary N) is 1. The van der Waals surface area contributed by atoms with E-state index in [4.69, 9.17) is 0 Å². The molecule has 0 aromatic heterocycles. The molecule has 0 unspecified atom stereocenters. The Kier molecular flexibility index (Phi) is 5.45. The molecule has 4 heteroatoms. The molecule has 126 valence electrons. The number of benzene rings is 1. The van der Waals surface area contributed by atoms with Gasteiger partial charge in [0.2, 0.25) is 11.8 Å². The highest BCUT2D eigenvalue weighted by atomic mass is 16.2. The minimum Gasteiger partial charge on any atom is -0.342 e. The van der Waals surface area contributed by atoms with Gasteiger partial charge in [-0.25, -0.2) is 0 Å². The Bertz CT molecular complexity index is 565. The summed E-state index contributed by atoms with van der Waals surface area (Å²) in [5, 5.41) is 2.96. The molecule has 2 amide bonds. The van der Waals surface area contributed by atoms with E-state index in [1.807, 2.05) is 30.9 Å². The summed E-state index contributed by atoms with van der Waals surface area (Å²) >= 11 is 0. The van der Waals surface area contributed by atoms with Gasteiger partial charge in [-0.1, -0.05) is 19.9 Å². The monoisotopic (exact) mass is 316 g/mol. The zero-order chi connectivity index (χ0) is 17.0. The number of anilines is 1. The van der Waals surface area contributed by atoms with E-state index < -0.39 is 5.41 Å². The van der Waals surface area contributed by atoms with Gasteiger partial charge in [-0.3, -0.25) is 9.59 Å². The molecule has 23 heavy (non-hydrogen) atoms. The quantitative estimate of drug-likeness (QED) is 0.780. The zero-order valence-corrected chi connectivity index (χ0v) is 14.7. The first-order valence-electron chi connectivity index (χ1n) is 8.62. The first-order chi connectivity index (χ1) is 10.9. The number of hydrogen-bond donors (Lipinski definition) is 1. The third kappa shape index (κ3) is 3.92. The summed E-state index contributed by atoms with van der Waals surface area (Å²) in [6.07, 6.45) is 3.15. The van der Waals surface area contributed by atoms with Gasteiger partial charge in [-0.15, -0.1) is 0 Å². The summed E-state index contributed by atoms with van der Waals surface area (Å²) < 4.78 is 0. The molecule has 0 heterocycles. The van der Waals surface area contributed by atoms with Crippen molar-refractivity contribution in [3.05, 3.63) is 29.3 Å². The largest absolute Gasteiger partial charge is 0.342 e. The molecule has 1 aromatic rings. The van der Waals surface area contributed by atoms with Gasteiger partial charge >= 0.3 is 0 Å². The van der Waals surface area contributed by atoms with E-state index in [1.165, 1.54) is 0 Å². The lowest BCUT2D eigenvalue weighted by Gasteiger charge is -2.26. The average molecular weight is 316 g/mol. The summed E-state index contributed by atoms with van der Waals surface area (Å²) in [6, 6.07) is 5.96. The molecule has 0 bridgehead atoms. The van der Waals surface area contributed by atoms with Crippen molar-refractivity contribution in [2.75, 3.05) is 18.4 Å². The van der Waals surface area contributed by atoms with Crippen molar-refractivity contribution >= 4 is 17.5 Å². The molecule has 1 aliphatic carbocycles. The van der Waals surface area contributed by atoms with E-state index in [2.05, 4.69) is 25.2 Å². The summed E-state index contributed by atoms with van der Waals surface area (Å²) in [6.45, 7) is 9.59. The van der Waals surface area contributed by atoms with E-state index in [-0.39, 0.29) is 11.8 Å². The average Bonchev–Trinajstić information content (AvgIpc) is 3.27. The van der Waals surface area contributed by atoms with Crippen molar-refractivity contribution in [2.24, 2.45) is 5.41 Å². The van der Waals surface area contributed by atoms with Crippen molar-refractivity contribution in [2.45, 2.75) is 53.4 Å². The van der Waals surface area contributed by atoms with Crippen LogP contribution in [0.4, 0.5) is 5.69 Å². The minimum atomic E-state index is -0.831. The molecular formula is C19H28N2O2. The van der Waals surface area contributed by atoms with Crippen LogP contribution in [0.3, 0.4) is 0 Å². The standard InChI is InChI=1S/C19H28N2O2/c1-5-9-21(10-6-2)18(23)19(7-8-19)17(22)20-16-12-14(3)11-15(4)13-16/h11-13H,5-10H2,1-4H3,(H,20,22). The van der Waals surface area contributed by atoms with E-state index in [1.54, 1.807) is 0 Å². The summed E-state index contributed by atoms with van der Waals surface area (Å²) in [5.74, 6) is -0.146. The first-order valence-corrected chi connectivity index (χ1v) is 8.62. The summed E-state index contributed by atoms with van der Waals surface area (Å²) in [5.41, 5.74) is 2.16. The fourth-order valence-electron chi connectivity index (χ4n) is 3.12. The maximum Gasteiger partial charge on any atom is 0.240 e. The van der Waals surface area contributed by atoms with Crippen LogP contribution in [0.2, 0.25) is 0 Å². The van der Waals surface area contributed by atoms with Crippen LogP contribution in [-0.4, -0.2) is 29.8 Å². The third-order valence-electron chi connectivity index (χ3n) is 4.35. The third-order valence-corrected chi connectivity index (χ3v) is 4.35. The van der Waals surface area contributed by atoms with Crippen molar-refractivity contribution in [1.82, 2.24) is 4.90 Å². The Morgan fingerprint density at radius 3 is 2.00 bits per heavy atom. The van der Waals surface area contributed by atoms with E-state index >= 15 is 0 Å². The molecule has 0 saturated heterocycles. The molecule has 0 aliphatic heterocycles. The van der Waals surface area contributed by atoms with Gasteiger partial charge in [0.15, 0.2) is 0 Å². The summed E-state index contributed by atoms with van der Waals surface area (Å²) in [7, 11) is 0. The molecule has 1 aromatic carbocycles. The highest BCUT2D eigenvalue weighted by molar-refractivity contribution is 6.13. The normalized spacial score (nSPS) is 15.1. The van der Waals surface area contributed by atoms with Crippen molar-refractivity contribution < 1.29 is 9.59 Å². The highest BCUT2D eigenvalue weighted by Gasteiger charge is 2.57. The number of nitrogens with zero attached hydrogens (tertiary/aromatic N) is 1. The van der Waals surface area contributed by atoms with Crippen LogP contribution < -0.4 is 5.32 Å². The Labute approximate surface area is 139 Å². The van der Waals surface area contributed by atoms with E-state index in [0.717, 1.165) is 42.7 Å². The lowest BCUT2D eigenvalue weighted by molar-refractivity contribution is -0.142. The first kappa shape index (κ1) is 17.5. The number of amides is 2. The van der Waals surface area contributed by atoms with Crippen molar-refractivity contribution in [3.63, 3.8) is 0 Å². The maximum absolute atomic E-state index is 12.8. The van der Waals surface area contributed by atoms with Crippen LogP contribution in [0.15, 0.2) is 18.2 Å². The minimum absolute atomic E-state index is 0.00285. The van der Waals surface area contributed by atoms with Crippen molar-refractivity contribution in [1.29, 1.82) is 0 Å². The van der Waals surface area contributed by atoms with Crippen LogP contribution >= 0.6 is 0 Å². The van der Waals surface area contributed by atoms with Gasteiger partial charge < -0.3 is 10.2 Å². The smallest absolute Gasteiger partial charge is 0.240 e. The van der Waals surface area contributed by atoms with Gasteiger partial charge in [0.1, 0.15) is 5.41 Å². The molecular weight excluding hydrogens is 288 g/mol. The number of carbonyl (C=O) groups excluding carboxylic acids is 2. The van der Waals surface area contributed by atoms with Crippen LogP contribution in [0.5, 0.6) is 0 Å². The zero-order valence-electron chi connectivity index (χ0n) is 14.7. The SMILES string of the molecule is CCCN(CCC)C(=O)C1(C(=O)Nc2cc(C)cc(C)c2)CC1. The Morgan fingerprint density at radius 1 is 1.04 bits per heavy atom. The number of carbonyl (C=O) groups is 2. The predicted molar refractivity (Wildman–Crippen MR) is 93.4 cm³/mol. The van der Waals surface area contributed by atoms with E-state index in [9.17, 15) is 9.59 Å². The lowest BCUT2D eigenvalue weighted by Crippen LogP contribution is -2.43. The van der Waals surface area contributed by atoms with Crippen molar-refractivity contribution in [3.8, 4) is 0 Å². The Balaban J connectivity index is 2.12. The predicted octanol–water partition coefficient (Wildman–Crippen LogP) is 3.67. The molecule has 0 radical (unpaired) electrons. The topological polar surface area (TPSA) is 49.4 Å². The fraction of sp³-hybridized carbons (Fsp3) is 0.579. The second kappa shape index (κ2) is 7.16. The van der Waals surface area contributed by atoms with Crippen LogP contribution in [0.1, 0.15) is 50.7 Å². The van der Waals surface area contributed by atoms with Gasteiger partial charge in [0.25, 0.3) is 0 Å². The number of aryl methyl sites for hydroxylation is 2. The summed E-state index contributed by atoms with van der Waals surface area (Å²) in [4.78, 5) is 27.4. The molecule has 1 aliphatic rings.